The number of anilines is 1. The van der Waals surface area contributed by atoms with Crippen LogP contribution in [0.4, 0.5) is 5.69 Å². The van der Waals surface area contributed by atoms with Crippen LogP contribution in [0.2, 0.25) is 0 Å². The van der Waals surface area contributed by atoms with Crippen molar-refractivity contribution < 1.29 is 8.42 Å². The van der Waals surface area contributed by atoms with Gasteiger partial charge in [-0.2, -0.15) is 11.8 Å². The molecule has 20 heavy (non-hydrogen) atoms. The maximum atomic E-state index is 12.2. The number of thioether (sulfide) groups is 2. The number of hydrogen-bond donors (Lipinski definition) is 1. The highest BCUT2D eigenvalue weighted by Gasteiger charge is 2.22. The zero-order chi connectivity index (χ0) is 15.2. The summed E-state index contributed by atoms with van der Waals surface area (Å²) in [5, 5.41) is 0. The SMILES string of the molecule is CSCC(C)N(C)S(=O)(=O)CCSc1ccccc1N. The van der Waals surface area contributed by atoms with E-state index in [-0.39, 0.29) is 11.8 Å². The molecule has 0 amide bonds. The van der Waals surface area contributed by atoms with Gasteiger partial charge in [-0.15, -0.1) is 11.8 Å². The third-order valence-electron chi connectivity index (χ3n) is 2.99. The van der Waals surface area contributed by atoms with Crippen LogP contribution in [0.1, 0.15) is 6.92 Å². The topological polar surface area (TPSA) is 63.4 Å². The summed E-state index contributed by atoms with van der Waals surface area (Å²) in [6.07, 6.45) is 1.98. The molecule has 114 valence electrons. The molecule has 1 atom stereocenters. The van der Waals surface area contributed by atoms with Gasteiger partial charge in [0.1, 0.15) is 0 Å². The summed E-state index contributed by atoms with van der Waals surface area (Å²) < 4.78 is 25.9. The maximum Gasteiger partial charge on any atom is 0.214 e. The van der Waals surface area contributed by atoms with Crippen molar-refractivity contribution in [1.82, 2.24) is 4.31 Å². The van der Waals surface area contributed by atoms with Crippen LogP contribution >= 0.6 is 23.5 Å². The van der Waals surface area contributed by atoms with Crippen LogP contribution in [0.5, 0.6) is 0 Å². The van der Waals surface area contributed by atoms with Crippen molar-refractivity contribution in [3.63, 3.8) is 0 Å². The minimum atomic E-state index is -3.21. The molecule has 0 saturated carbocycles. The summed E-state index contributed by atoms with van der Waals surface area (Å²) in [6, 6.07) is 7.52. The van der Waals surface area contributed by atoms with E-state index in [0.717, 1.165) is 10.6 Å². The van der Waals surface area contributed by atoms with Crippen molar-refractivity contribution in [2.75, 3.05) is 36.3 Å². The van der Waals surface area contributed by atoms with E-state index in [1.54, 1.807) is 18.8 Å². The predicted octanol–water partition coefficient (Wildman–Crippen LogP) is 2.37. The molecule has 0 spiro atoms. The monoisotopic (exact) mass is 334 g/mol. The highest BCUT2D eigenvalue weighted by atomic mass is 32.2. The van der Waals surface area contributed by atoms with E-state index < -0.39 is 10.0 Å². The molecule has 7 heteroatoms. The highest BCUT2D eigenvalue weighted by Crippen LogP contribution is 2.24. The number of nitrogen functional groups attached to an aromatic ring is 1. The molecule has 0 fully saturated rings. The number of nitrogens with two attached hydrogens (primary N) is 1. The summed E-state index contributed by atoms with van der Waals surface area (Å²) in [4.78, 5) is 0.933. The van der Waals surface area contributed by atoms with Crippen LogP contribution in [0.25, 0.3) is 0 Å². The summed E-state index contributed by atoms with van der Waals surface area (Å²) in [7, 11) is -1.56. The Balaban J connectivity index is 2.54. The zero-order valence-electron chi connectivity index (χ0n) is 12.1. The van der Waals surface area contributed by atoms with Crippen molar-refractivity contribution in [1.29, 1.82) is 0 Å². The van der Waals surface area contributed by atoms with E-state index in [1.165, 1.54) is 16.1 Å². The van der Waals surface area contributed by atoms with Crippen LogP contribution in [-0.2, 0) is 10.0 Å². The van der Waals surface area contributed by atoms with Gasteiger partial charge < -0.3 is 5.73 Å². The quantitative estimate of drug-likeness (QED) is 0.584. The minimum Gasteiger partial charge on any atom is -0.398 e. The van der Waals surface area contributed by atoms with Gasteiger partial charge in [-0.1, -0.05) is 12.1 Å². The molecule has 4 nitrogen and oxygen atoms in total. The Bertz CT molecular complexity index is 520. The lowest BCUT2D eigenvalue weighted by molar-refractivity contribution is 0.416. The van der Waals surface area contributed by atoms with Gasteiger partial charge in [-0.05, 0) is 25.3 Å². The fourth-order valence-corrected chi connectivity index (χ4v) is 5.15. The Labute approximate surface area is 130 Å². The van der Waals surface area contributed by atoms with E-state index in [0.29, 0.717) is 11.4 Å². The Morgan fingerprint density at radius 2 is 2.00 bits per heavy atom. The molecule has 1 aromatic carbocycles. The number of hydrogen-bond acceptors (Lipinski definition) is 5. The van der Waals surface area contributed by atoms with E-state index >= 15 is 0 Å². The van der Waals surface area contributed by atoms with Crippen LogP contribution in [0.15, 0.2) is 29.2 Å². The minimum absolute atomic E-state index is 0.0156. The lowest BCUT2D eigenvalue weighted by atomic mass is 10.3. The van der Waals surface area contributed by atoms with Crippen molar-refractivity contribution in [3.8, 4) is 0 Å². The number of rotatable bonds is 8. The summed E-state index contributed by atoms with van der Waals surface area (Å²) in [6.45, 7) is 1.93. The molecule has 0 heterocycles. The van der Waals surface area contributed by atoms with E-state index in [9.17, 15) is 8.42 Å². The Kier molecular flexibility index (Phi) is 7.22. The molecular formula is C13H22N2O2S3. The Hall–Kier alpha value is -0.370. The maximum absolute atomic E-state index is 12.2. The summed E-state index contributed by atoms with van der Waals surface area (Å²) in [5.74, 6) is 1.43. The van der Waals surface area contributed by atoms with Gasteiger partial charge in [-0.3, -0.25) is 0 Å². The first-order valence-electron chi connectivity index (χ1n) is 6.30. The van der Waals surface area contributed by atoms with Crippen molar-refractivity contribution in [2.45, 2.75) is 17.9 Å². The average Bonchev–Trinajstić information content (AvgIpc) is 2.40. The van der Waals surface area contributed by atoms with Crippen LogP contribution in [-0.4, -0.2) is 49.3 Å². The number of sulfonamides is 1. The van der Waals surface area contributed by atoms with Crippen molar-refractivity contribution in [3.05, 3.63) is 24.3 Å². The average molecular weight is 335 g/mol. The summed E-state index contributed by atoms with van der Waals surface area (Å²) >= 11 is 3.13. The van der Waals surface area contributed by atoms with Crippen molar-refractivity contribution >= 4 is 39.2 Å². The van der Waals surface area contributed by atoms with Crippen LogP contribution in [0, 0.1) is 0 Å². The second-order valence-corrected chi connectivity index (χ2v) is 8.72. The fourth-order valence-electron chi connectivity index (χ4n) is 1.63. The van der Waals surface area contributed by atoms with Gasteiger partial charge in [0.25, 0.3) is 0 Å². The molecule has 0 saturated heterocycles. The molecule has 1 unspecified atom stereocenters. The van der Waals surface area contributed by atoms with E-state index in [4.69, 9.17) is 5.73 Å². The smallest absolute Gasteiger partial charge is 0.214 e. The normalized spacial score (nSPS) is 13.6. The predicted molar refractivity (Wildman–Crippen MR) is 91.0 cm³/mol. The number of nitrogens with zero attached hydrogens (tertiary/aromatic N) is 1. The van der Waals surface area contributed by atoms with Crippen molar-refractivity contribution in [2.24, 2.45) is 0 Å². The Morgan fingerprint density at radius 1 is 1.35 bits per heavy atom. The third-order valence-corrected chi connectivity index (χ3v) is 7.11. The van der Waals surface area contributed by atoms with Gasteiger partial charge in [0.05, 0.1) is 5.75 Å². The lowest BCUT2D eigenvalue weighted by Gasteiger charge is -2.23. The largest absolute Gasteiger partial charge is 0.398 e. The molecule has 0 aliphatic carbocycles. The van der Waals surface area contributed by atoms with E-state index in [2.05, 4.69) is 0 Å². The fraction of sp³-hybridized carbons (Fsp3) is 0.538. The molecule has 0 aromatic heterocycles. The van der Waals surface area contributed by atoms with Gasteiger partial charge in [0.2, 0.25) is 10.0 Å². The Morgan fingerprint density at radius 3 is 2.60 bits per heavy atom. The number of para-hydroxylation sites is 1. The highest BCUT2D eigenvalue weighted by molar-refractivity contribution is 8.00. The molecule has 0 aliphatic rings. The molecule has 1 aromatic rings. The third kappa shape index (κ3) is 5.20. The molecule has 0 radical (unpaired) electrons. The first kappa shape index (κ1) is 17.7. The second kappa shape index (κ2) is 8.17. The first-order valence-corrected chi connectivity index (χ1v) is 10.3. The standard InChI is InChI=1S/C13H22N2O2S3/c1-11(10-18-3)15(2)20(16,17)9-8-19-13-7-5-4-6-12(13)14/h4-7,11H,8-10,14H2,1-3H3. The molecule has 1 rings (SSSR count). The van der Waals surface area contributed by atoms with E-state index in [1.807, 2.05) is 37.4 Å². The molecular weight excluding hydrogens is 312 g/mol. The first-order chi connectivity index (χ1) is 9.38. The zero-order valence-corrected chi connectivity index (χ0v) is 14.5. The van der Waals surface area contributed by atoms with Crippen LogP contribution < -0.4 is 5.73 Å². The second-order valence-electron chi connectivity index (χ2n) is 4.52. The van der Waals surface area contributed by atoms with Gasteiger partial charge in [0.15, 0.2) is 0 Å². The molecule has 0 bridgehead atoms. The van der Waals surface area contributed by atoms with Gasteiger partial charge >= 0.3 is 0 Å². The molecule has 2 N–H and O–H groups in total. The van der Waals surface area contributed by atoms with Gasteiger partial charge in [0, 0.05) is 35.2 Å². The molecule has 0 aliphatic heterocycles. The number of benzene rings is 1. The lowest BCUT2D eigenvalue weighted by Crippen LogP contribution is -2.38. The van der Waals surface area contributed by atoms with Gasteiger partial charge in [-0.25, -0.2) is 12.7 Å². The summed E-state index contributed by atoms with van der Waals surface area (Å²) in [5.41, 5.74) is 6.53. The van der Waals surface area contributed by atoms with Crippen LogP contribution in [0.3, 0.4) is 0 Å².